The lowest BCUT2D eigenvalue weighted by Gasteiger charge is -2.56. The second kappa shape index (κ2) is 13.2. The van der Waals surface area contributed by atoms with Gasteiger partial charge < -0.3 is 24.8 Å². The Kier molecular flexibility index (Phi) is 8.99. The van der Waals surface area contributed by atoms with Gasteiger partial charge in [-0.15, -0.1) is 0 Å². The van der Waals surface area contributed by atoms with Crippen LogP contribution in [0.2, 0.25) is 0 Å². The van der Waals surface area contributed by atoms with E-state index in [-0.39, 0.29) is 28.7 Å². The molecule has 10 heteroatoms. The number of carbonyl (C=O) groups is 1. The van der Waals surface area contributed by atoms with Crippen LogP contribution < -0.4 is 20.8 Å². The maximum Gasteiger partial charge on any atom is 0.251 e. The number of hydrogen-bond donors (Lipinski definition) is 3. The highest BCUT2D eigenvalue weighted by Gasteiger charge is 2.63. The van der Waals surface area contributed by atoms with Crippen molar-refractivity contribution in [2.45, 2.75) is 114 Å². The van der Waals surface area contributed by atoms with E-state index in [9.17, 15) is 10.0 Å². The van der Waals surface area contributed by atoms with Crippen LogP contribution >= 0.6 is 0 Å². The molecule has 1 amide bonds. The average molecular weight is 660 g/mol. The molecule has 3 atom stereocenters. The van der Waals surface area contributed by atoms with Crippen molar-refractivity contribution in [3.63, 3.8) is 0 Å². The van der Waals surface area contributed by atoms with Crippen molar-refractivity contribution in [1.29, 1.82) is 0 Å². The molecule has 1 aromatic carbocycles. The van der Waals surface area contributed by atoms with E-state index in [1.165, 1.54) is 71.2 Å². The Hall–Kier alpha value is -2.63. The first-order chi connectivity index (χ1) is 23.3. The molecule has 48 heavy (non-hydrogen) atoms. The number of piperazine rings is 1. The number of fused-ring (bicyclic) bond motifs is 2. The Bertz CT molecular complexity index is 1390. The molecule has 1 saturated heterocycles. The van der Waals surface area contributed by atoms with Crippen molar-refractivity contribution in [2.75, 3.05) is 51.8 Å². The molecule has 0 bridgehead atoms. The number of amides is 1. The van der Waals surface area contributed by atoms with Crippen molar-refractivity contribution in [3.05, 3.63) is 53.0 Å². The Morgan fingerprint density at radius 1 is 1.04 bits per heavy atom. The van der Waals surface area contributed by atoms with Crippen molar-refractivity contribution in [1.82, 2.24) is 25.4 Å². The molecular formula is C38H57N7O3. The number of carbonyl (C=O) groups excluding carboxylic acids is 1. The summed E-state index contributed by atoms with van der Waals surface area (Å²) in [5.41, 5.74) is 5.44. The first-order valence-electron chi connectivity index (χ1n) is 19.1. The first-order valence-corrected chi connectivity index (χ1v) is 19.1. The lowest BCUT2D eigenvalue weighted by molar-refractivity contribution is -0.903. The van der Waals surface area contributed by atoms with Crippen LogP contribution in [0.4, 0.5) is 5.69 Å². The number of rotatable bonds is 9. The van der Waals surface area contributed by atoms with Gasteiger partial charge >= 0.3 is 0 Å². The van der Waals surface area contributed by atoms with Gasteiger partial charge in [-0.05, 0) is 100 Å². The van der Waals surface area contributed by atoms with E-state index in [0.29, 0.717) is 29.8 Å². The van der Waals surface area contributed by atoms with Crippen molar-refractivity contribution in [2.24, 2.45) is 11.8 Å². The molecule has 3 aliphatic heterocycles. The summed E-state index contributed by atoms with van der Waals surface area (Å²) in [7, 11) is 1.65. The quantitative estimate of drug-likeness (QED) is 0.247. The van der Waals surface area contributed by atoms with Gasteiger partial charge in [0.2, 0.25) is 0 Å². The molecule has 10 nitrogen and oxygen atoms in total. The largest absolute Gasteiger partial charge is 0.626 e. The standard InChI is InChI=1S/C38H57N7O3/c1-27-15-18-44(26-33-24-35(29-5-3-4-6-29)40-38(16-17-38)45(27,33)47)41-34-14-9-30(23-36(34)48-2)37(46)39-31-10-12-32(13-11-31)43-21-19-42(20-22-43)25-28-7-8-28/h9,14-15,18,23-24,27-29,31-32,35,40-41H,3-8,10-13,16-17,19-22,25-26H2,1-2H3,(H,39,46)/t27?,31-,32-,35?,45?. The predicted molar refractivity (Wildman–Crippen MR) is 189 cm³/mol. The molecule has 7 aliphatic rings. The molecule has 3 unspecified atom stereocenters. The van der Waals surface area contributed by atoms with E-state index in [4.69, 9.17) is 4.74 Å². The Morgan fingerprint density at radius 2 is 1.79 bits per heavy atom. The lowest BCUT2D eigenvalue weighted by atomic mass is 9.89. The van der Waals surface area contributed by atoms with E-state index in [0.717, 1.165) is 55.8 Å². The van der Waals surface area contributed by atoms with Crippen LogP contribution in [0.5, 0.6) is 5.75 Å². The first kappa shape index (κ1) is 32.6. The third-order valence-electron chi connectivity index (χ3n) is 12.8. The smallest absolute Gasteiger partial charge is 0.251 e. The number of nitrogens with zero attached hydrogens (tertiary/aromatic N) is 4. The highest BCUT2D eigenvalue weighted by Crippen LogP contribution is 2.53. The molecular weight excluding hydrogens is 602 g/mol. The topological polar surface area (TPSA) is 95.2 Å². The second-order valence-corrected chi connectivity index (χ2v) is 16.1. The maximum atomic E-state index is 14.7. The number of hydroxylamine groups is 3. The number of benzene rings is 1. The Labute approximate surface area is 287 Å². The van der Waals surface area contributed by atoms with Crippen LogP contribution in [0.1, 0.15) is 94.3 Å². The summed E-state index contributed by atoms with van der Waals surface area (Å²) in [5.74, 6) is 2.16. The molecule has 4 aliphatic carbocycles. The number of hydrazine groups is 1. The summed E-state index contributed by atoms with van der Waals surface area (Å²) in [5, 5.41) is 23.9. The number of quaternary nitrogens is 1. The zero-order valence-corrected chi connectivity index (χ0v) is 29.2. The van der Waals surface area contributed by atoms with Gasteiger partial charge in [0.05, 0.1) is 12.8 Å². The minimum Gasteiger partial charge on any atom is -0.626 e. The molecule has 262 valence electrons. The third-order valence-corrected chi connectivity index (χ3v) is 12.8. The SMILES string of the molecule is COc1cc(C(=O)N[C@H]2CC[C@H](N3CCN(CC4CC4)CC3)CC2)ccc1NN1C=CC(C)[N+]2([O-])C(=CC(C3CCCC3)NC23CC3)C1. The minimum absolute atomic E-state index is 0.0403. The molecule has 5 fully saturated rings. The van der Waals surface area contributed by atoms with Crippen molar-refractivity contribution >= 4 is 11.6 Å². The van der Waals surface area contributed by atoms with E-state index >= 15 is 0 Å². The lowest BCUT2D eigenvalue weighted by Crippen LogP contribution is -2.68. The summed E-state index contributed by atoms with van der Waals surface area (Å²) < 4.78 is 5.49. The highest BCUT2D eigenvalue weighted by atomic mass is 16.6. The van der Waals surface area contributed by atoms with Gasteiger partial charge in [0.25, 0.3) is 5.91 Å². The van der Waals surface area contributed by atoms with Gasteiger partial charge in [-0.2, -0.15) is 0 Å². The van der Waals surface area contributed by atoms with E-state index in [1.54, 1.807) is 7.11 Å². The number of anilines is 1. The molecule has 1 aromatic rings. The molecule has 0 radical (unpaired) electrons. The van der Waals surface area contributed by atoms with Crippen molar-refractivity contribution < 1.29 is 14.2 Å². The van der Waals surface area contributed by atoms with Crippen LogP contribution in [-0.4, -0.2) is 102 Å². The van der Waals surface area contributed by atoms with E-state index in [2.05, 4.69) is 38.9 Å². The zero-order chi connectivity index (χ0) is 32.9. The summed E-state index contributed by atoms with van der Waals surface area (Å²) >= 11 is 0. The third kappa shape index (κ3) is 6.39. The molecule has 3 N–H and O–H groups in total. The van der Waals surface area contributed by atoms with Gasteiger partial charge in [-0.1, -0.05) is 12.8 Å². The summed E-state index contributed by atoms with van der Waals surface area (Å²) in [6, 6.07) is 6.59. The molecule has 1 spiro atoms. The minimum atomic E-state index is -0.395. The number of nitrogens with one attached hydrogen (secondary N) is 3. The summed E-state index contributed by atoms with van der Waals surface area (Å²) in [4.78, 5) is 18.8. The van der Waals surface area contributed by atoms with Gasteiger partial charge in [0, 0.05) is 75.5 Å². The van der Waals surface area contributed by atoms with Gasteiger partial charge in [-0.25, -0.2) is 0 Å². The zero-order valence-electron chi connectivity index (χ0n) is 29.2. The summed E-state index contributed by atoms with van der Waals surface area (Å²) in [6.07, 6.45) is 20.4. The van der Waals surface area contributed by atoms with Gasteiger partial charge in [-0.3, -0.25) is 25.4 Å². The Balaban J connectivity index is 0.879. The van der Waals surface area contributed by atoms with Crippen LogP contribution in [0.25, 0.3) is 0 Å². The average Bonchev–Trinajstić information content (AvgIpc) is 4.03. The normalized spacial score (nSPS) is 34.0. The van der Waals surface area contributed by atoms with Crippen LogP contribution in [0.3, 0.4) is 0 Å². The van der Waals surface area contributed by atoms with Gasteiger partial charge in [0.1, 0.15) is 24.0 Å². The fourth-order valence-electron chi connectivity index (χ4n) is 9.58. The fraction of sp³-hybridized carbons (Fsp3) is 0.711. The van der Waals surface area contributed by atoms with E-state index < -0.39 is 5.66 Å². The maximum absolute atomic E-state index is 14.7. The highest BCUT2D eigenvalue weighted by molar-refractivity contribution is 5.95. The van der Waals surface area contributed by atoms with Crippen LogP contribution in [0, 0.1) is 17.0 Å². The second-order valence-electron chi connectivity index (χ2n) is 16.1. The Morgan fingerprint density at radius 3 is 2.48 bits per heavy atom. The van der Waals surface area contributed by atoms with Crippen molar-refractivity contribution in [3.8, 4) is 5.75 Å². The molecule has 8 rings (SSSR count). The van der Waals surface area contributed by atoms with Crippen LogP contribution in [-0.2, 0) is 0 Å². The fourth-order valence-corrected chi connectivity index (χ4v) is 9.58. The summed E-state index contributed by atoms with van der Waals surface area (Å²) in [6.45, 7) is 8.66. The molecule has 4 saturated carbocycles. The monoisotopic (exact) mass is 659 g/mol. The molecule has 3 heterocycles. The number of methoxy groups -OCH3 is 1. The number of ether oxygens (including phenoxy) is 1. The predicted octanol–water partition coefficient (Wildman–Crippen LogP) is 5.16. The van der Waals surface area contributed by atoms with E-state index in [1.807, 2.05) is 35.5 Å². The molecule has 0 aromatic heterocycles. The van der Waals surface area contributed by atoms with Crippen LogP contribution in [0.15, 0.2) is 42.2 Å². The number of hydrogen-bond acceptors (Lipinski definition) is 8. The van der Waals surface area contributed by atoms with Gasteiger partial charge in [0.15, 0.2) is 5.66 Å².